The van der Waals surface area contributed by atoms with Crippen molar-refractivity contribution in [1.29, 1.82) is 0 Å². The summed E-state index contributed by atoms with van der Waals surface area (Å²) < 4.78 is 0. The SMILES string of the molecule is CNC(CCN(C)C(C)C(C)C)(C(N)=O)c1ccccc1. The lowest BCUT2D eigenvalue weighted by molar-refractivity contribution is -0.125. The minimum Gasteiger partial charge on any atom is -0.368 e. The van der Waals surface area contributed by atoms with Crippen LogP contribution in [0.25, 0.3) is 0 Å². The zero-order valence-corrected chi connectivity index (χ0v) is 13.9. The molecule has 1 rings (SSSR count). The lowest BCUT2D eigenvalue weighted by Gasteiger charge is -2.35. The quantitative estimate of drug-likeness (QED) is 0.769. The molecule has 3 N–H and O–H groups in total. The molecule has 0 aliphatic rings. The van der Waals surface area contributed by atoms with Crippen molar-refractivity contribution in [2.75, 3.05) is 20.6 Å². The molecule has 1 aromatic rings. The van der Waals surface area contributed by atoms with E-state index in [4.69, 9.17) is 5.73 Å². The minimum absolute atomic E-state index is 0.332. The maximum Gasteiger partial charge on any atom is 0.242 e. The molecular formula is C17H29N3O. The topological polar surface area (TPSA) is 58.4 Å². The molecule has 2 atom stereocenters. The van der Waals surface area contributed by atoms with Crippen molar-refractivity contribution in [3.05, 3.63) is 35.9 Å². The average molecular weight is 291 g/mol. The summed E-state index contributed by atoms with van der Waals surface area (Å²) in [5.41, 5.74) is 5.82. The van der Waals surface area contributed by atoms with E-state index in [9.17, 15) is 4.79 Å². The molecule has 4 nitrogen and oxygen atoms in total. The summed E-state index contributed by atoms with van der Waals surface area (Å²) in [7, 11) is 3.89. The third-order valence-electron chi connectivity index (χ3n) is 4.61. The lowest BCUT2D eigenvalue weighted by atomic mass is 9.85. The third kappa shape index (κ3) is 4.05. The Morgan fingerprint density at radius 3 is 2.29 bits per heavy atom. The van der Waals surface area contributed by atoms with Gasteiger partial charge in [-0.05, 0) is 38.9 Å². The van der Waals surface area contributed by atoms with Gasteiger partial charge in [-0.1, -0.05) is 44.2 Å². The van der Waals surface area contributed by atoms with E-state index in [2.05, 4.69) is 38.0 Å². The Bertz CT molecular complexity index is 447. The second-order valence-electron chi connectivity index (χ2n) is 6.10. The van der Waals surface area contributed by atoms with Gasteiger partial charge in [-0.3, -0.25) is 4.79 Å². The number of carbonyl (C=O) groups is 1. The van der Waals surface area contributed by atoms with Gasteiger partial charge in [0.15, 0.2) is 0 Å². The third-order valence-corrected chi connectivity index (χ3v) is 4.61. The Labute approximate surface area is 128 Å². The number of rotatable bonds is 8. The second kappa shape index (κ2) is 7.57. The molecule has 0 bridgehead atoms. The molecule has 0 spiro atoms. The predicted molar refractivity (Wildman–Crippen MR) is 87.9 cm³/mol. The molecule has 1 amide bonds. The molecule has 0 heterocycles. The first-order valence-corrected chi connectivity index (χ1v) is 7.59. The molecule has 0 aliphatic heterocycles. The van der Waals surface area contributed by atoms with Crippen LogP contribution in [-0.4, -0.2) is 37.5 Å². The summed E-state index contributed by atoms with van der Waals surface area (Å²) in [4.78, 5) is 14.4. The van der Waals surface area contributed by atoms with Gasteiger partial charge in [0, 0.05) is 12.6 Å². The maximum absolute atomic E-state index is 12.1. The number of amides is 1. The van der Waals surface area contributed by atoms with Gasteiger partial charge in [-0.2, -0.15) is 0 Å². The minimum atomic E-state index is -0.813. The van der Waals surface area contributed by atoms with E-state index >= 15 is 0 Å². The van der Waals surface area contributed by atoms with Gasteiger partial charge in [-0.25, -0.2) is 0 Å². The number of benzene rings is 1. The number of carbonyl (C=O) groups excluding carboxylic acids is 1. The van der Waals surface area contributed by atoms with E-state index in [1.165, 1.54) is 0 Å². The number of nitrogens with zero attached hydrogens (tertiary/aromatic N) is 1. The van der Waals surface area contributed by atoms with Crippen LogP contribution in [0.2, 0.25) is 0 Å². The molecule has 0 aliphatic carbocycles. The highest BCUT2D eigenvalue weighted by atomic mass is 16.1. The van der Waals surface area contributed by atoms with Gasteiger partial charge in [0.1, 0.15) is 5.54 Å². The standard InChI is InChI=1S/C17H29N3O/c1-13(2)14(3)20(5)12-11-17(19-4,16(18)21)15-9-7-6-8-10-15/h6-10,13-14,19H,11-12H2,1-5H3,(H2,18,21). The fraction of sp³-hybridized carbons (Fsp3) is 0.588. The van der Waals surface area contributed by atoms with Crippen LogP contribution in [0.4, 0.5) is 0 Å². The van der Waals surface area contributed by atoms with Crippen molar-refractivity contribution in [3.8, 4) is 0 Å². The van der Waals surface area contributed by atoms with Crippen LogP contribution in [0.15, 0.2) is 30.3 Å². The van der Waals surface area contributed by atoms with Gasteiger partial charge in [0.05, 0.1) is 0 Å². The zero-order valence-electron chi connectivity index (χ0n) is 13.9. The molecule has 21 heavy (non-hydrogen) atoms. The van der Waals surface area contributed by atoms with Crippen LogP contribution < -0.4 is 11.1 Å². The summed E-state index contributed by atoms with van der Waals surface area (Å²) in [6.45, 7) is 7.42. The largest absolute Gasteiger partial charge is 0.368 e. The second-order valence-corrected chi connectivity index (χ2v) is 6.10. The first kappa shape index (κ1) is 17.7. The summed E-state index contributed by atoms with van der Waals surface area (Å²) in [5, 5.41) is 3.15. The fourth-order valence-electron chi connectivity index (χ4n) is 2.58. The number of nitrogens with two attached hydrogens (primary N) is 1. The van der Waals surface area contributed by atoms with Crippen molar-refractivity contribution in [1.82, 2.24) is 10.2 Å². The number of likely N-dealkylation sites (N-methyl/N-ethyl adjacent to an activating group) is 1. The van der Waals surface area contributed by atoms with Crippen LogP contribution in [0.5, 0.6) is 0 Å². The number of hydrogen-bond donors (Lipinski definition) is 2. The molecule has 4 heteroatoms. The molecule has 0 aromatic heterocycles. The summed E-state index contributed by atoms with van der Waals surface area (Å²) in [5.74, 6) is 0.242. The first-order chi connectivity index (χ1) is 9.85. The molecule has 0 radical (unpaired) electrons. The van der Waals surface area contributed by atoms with Gasteiger partial charge in [0.2, 0.25) is 5.91 Å². The van der Waals surface area contributed by atoms with Crippen molar-refractivity contribution >= 4 is 5.91 Å². The van der Waals surface area contributed by atoms with Gasteiger partial charge in [0.25, 0.3) is 0 Å². The first-order valence-electron chi connectivity index (χ1n) is 7.59. The molecule has 0 fully saturated rings. The number of primary amides is 1. The molecule has 0 saturated carbocycles. The van der Waals surface area contributed by atoms with E-state index in [1.54, 1.807) is 7.05 Å². The zero-order chi connectivity index (χ0) is 16.0. The Kier molecular flexibility index (Phi) is 6.37. The highest BCUT2D eigenvalue weighted by Gasteiger charge is 2.37. The summed E-state index contributed by atoms with van der Waals surface area (Å²) in [6, 6.07) is 10.2. The van der Waals surface area contributed by atoms with Gasteiger partial charge < -0.3 is 16.0 Å². The number of nitrogens with one attached hydrogen (secondary N) is 1. The fourth-order valence-corrected chi connectivity index (χ4v) is 2.58. The Morgan fingerprint density at radius 1 is 1.29 bits per heavy atom. The molecule has 118 valence electrons. The summed E-state index contributed by atoms with van der Waals surface area (Å²) in [6.07, 6.45) is 0.649. The van der Waals surface area contributed by atoms with E-state index in [-0.39, 0.29) is 5.91 Å². The Morgan fingerprint density at radius 2 is 1.86 bits per heavy atom. The maximum atomic E-state index is 12.1. The lowest BCUT2D eigenvalue weighted by Crippen LogP contribution is -2.53. The van der Waals surface area contributed by atoms with Crippen molar-refractivity contribution in [2.45, 2.75) is 38.8 Å². The molecule has 1 aromatic carbocycles. The van der Waals surface area contributed by atoms with Gasteiger partial charge >= 0.3 is 0 Å². The van der Waals surface area contributed by atoms with E-state index in [0.717, 1.165) is 12.1 Å². The van der Waals surface area contributed by atoms with Gasteiger partial charge in [-0.15, -0.1) is 0 Å². The van der Waals surface area contributed by atoms with Crippen molar-refractivity contribution in [3.63, 3.8) is 0 Å². The van der Waals surface area contributed by atoms with Crippen molar-refractivity contribution in [2.24, 2.45) is 11.7 Å². The van der Waals surface area contributed by atoms with Crippen LogP contribution in [-0.2, 0) is 10.3 Å². The summed E-state index contributed by atoms with van der Waals surface area (Å²) >= 11 is 0. The highest BCUT2D eigenvalue weighted by molar-refractivity contribution is 5.86. The van der Waals surface area contributed by atoms with E-state index in [0.29, 0.717) is 18.4 Å². The smallest absolute Gasteiger partial charge is 0.242 e. The number of hydrogen-bond acceptors (Lipinski definition) is 3. The Hall–Kier alpha value is -1.39. The Balaban J connectivity index is 2.93. The molecule has 2 unspecified atom stereocenters. The highest BCUT2D eigenvalue weighted by Crippen LogP contribution is 2.25. The van der Waals surface area contributed by atoms with Crippen LogP contribution >= 0.6 is 0 Å². The van der Waals surface area contributed by atoms with E-state index in [1.807, 2.05) is 30.3 Å². The van der Waals surface area contributed by atoms with E-state index < -0.39 is 5.54 Å². The average Bonchev–Trinajstić information content (AvgIpc) is 2.48. The predicted octanol–water partition coefficient (Wildman–Crippen LogP) is 1.95. The van der Waals surface area contributed by atoms with Crippen molar-refractivity contribution < 1.29 is 4.79 Å². The van der Waals surface area contributed by atoms with Crippen LogP contribution in [0, 0.1) is 5.92 Å². The monoisotopic (exact) mass is 291 g/mol. The normalized spacial score (nSPS) is 16.0. The van der Waals surface area contributed by atoms with Crippen LogP contribution in [0.3, 0.4) is 0 Å². The van der Waals surface area contributed by atoms with Crippen LogP contribution in [0.1, 0.15) is 32.8 Å². The molecule has 0 saturated heterocycles. The molecular weight excluding hydrogens is 262 g/mol.